The summed E-state index contributed by atoms with van der Waals surface area (Å²) in [6.45, 7) is 0.0127. The number of aromatic amines is 2. The molecule has 0 saturated heterocycles. The molecule has 0 radical (unpaired) electrons. The molecule has 7 nitrogen and oxygen atoms in total. The van der Waals surface area contributed by atoms with Crippen molar-refractivity contribution in [2.45, 2.75) is 13.1 Å². The Morgan fingerprint density at radius 3 is 2.54 bits per heavy atom. The SMILES string of the molecule is O=c1cc(CN2Cc3cc(Cl)c4c(Cl)c[nH]c4c3NS2(=O)=O)c(Cl)c[nH]1. The summed E-state index contributed by atoms with van der Waals surface area (Å²) in [6, 6.07) is 2.95. The Balaban J connectivity index is 1.80. The van der Waals surface area contributed by atoms with E-state index >= 15 is 0 Å². The van der Waals surface area contributed by atoms with E-state index in [1.165, 1.54) is 16.6 Å². The lowest BCUT2D eigenvalue weighted by Gasteiger charge is -2.30. The minimum atomic E-state index is -3.85. The number of nitrogens with one attached hydrogen (secondary N) is 3. The zero-order valence-corrected chi connectivity index (χ0v) is 16.0. The number of anilines is 1. The minimum absolute atomic E-state index is 0.0569. The van der Waals surface area contributed by atoms with Crippen LogP contribution in [0.15, 0.2) is 29.3 Å². The average molecular weight is 434 g/mol. The molecule has 0 spiro atoms. The third-order valence-corrected chi connectivity index (χ3v) is 6.51. The first-order valence-electron chi connectivity index (χ1n) is 7.39. The van der Waals surface area contributed by atoms with Gasteiger partial charge in [-0.05, 0) is 17.2 Å². The Bertz CT molecular complexity index is 1200. The van der Waals surface area contributed by atoms with Gasteiger partial charge >= 0.3 is 10.2 Å². The molecule has 0 aliphatic carbocycles. The summed E-state index contributed by atoms with van der Waals surface area (Å²) in [6.07, 6.45) is 2.88. The first-order chi connectivity index (χ1) is 12.3. The highest BCUT2D eigenvalue weighted by molar-refractivity contribution is 7.90. The highest BCUT2D eigenvalue weighted by Crippen LogP contribution is 2.40. The lowest BCUT2D eigenvalue weighted by Crippen LogP contribution is -2.39. The van der Waals surface area contributed by atoms with E-state index in [0.717, 1.165) is 0 Å². The molecular formula is C15H11Cl3N4O3S. The van der Waals surface area contributed by atoms with Gasteiger partial charge in [0.1, 0.15) is 0 Å². The molecule has 0 fully saturated rings. The summed E-state index contributed by atoms with van der Waals surface area (Å²) in [7, 11) is -3.85. The molecule has 0 bridgehead atoms. The fourth-order valence-corrected chi connectivity index (χ4v) is 4.98. The first-order valence-corrected chi connectivity index (χ1v) is 9.96. The van der Waals surface area contributed by atoms with Crippen LogP contribution in [0, 0.1) is 0 Å². The predicted octanol–water partition coefficient (Wildman–Crippen LogP) is 3.49. The highest BCUT2D eigenvalue weighted by Gasteiger charge is 2.32. The molecule has 3 N–H and O–H groups in total. The third kappa shape index (κ3) is 2.87. The van der Waals surface area contributed by atoms with E-state index < -0.39 is 10.2 Å². The number of halogens is 3. The normalized spacial score (nSPS) is 16.4. The summed E-state index contributed by atoms with van der Waals surface area (Å²) < 4.78 is 29.1. The van der Waals surface area contributed by atoms with E-state index in [4.69, 9.17) is 34.8 Å². The predicted molar refractivity (Wildman–Crippen MR) is 102 cm³/mol. The summed E-state index contributed by atoms with van der Waals surface area (Å²) in [5.74, 6) is 0. The van der Waals surface area contributed by atoms with Crippen molar-refractivity contribution in [2.24, 2.45) is 0 Å². The quantitative estimate of drug-likeness (QED) is 0.577. The molecule has 1 aliphatic rings. The van der Waals surface area contributed by atoms with E-state index in [-0.39, 0.29) is 23.7 Å². The zero-order chi connectivity index (χ0) is 18.6. The number of fused-ring (bicyclic) bond motifs is 3. The summed E-state index contributed by atoms with van der Waals surface area (Å²) >= 11 is 18.5. The van der Waals surface area contributed by atoms with Crippen molar-refractivity contribution in [1.82, 2.24) is 14.3 Å². The number of nitrogens with zero attached hydrogens (tertiary/aromatic N) is 1. The number of rotatable bonds is 2. The summed E-state index contributed by atoms with van der Waals surface area (Å²) in [5, 5.41) is 1.65. The first kappa shape index (κ1) is 17.7. The molecule has 3 aromatic rings. The summed E-state index contributed by atoms with van der Waals surface area (Å²) in [5.41, 5.74) is 1.65. The van der Waals surface area contributed by atoms with E-state index in [9.17, 15) is 13.2 Å². The van der Waals surface area contributed by atoms with E-state index in [2.05, 4.69) is 14.7 Å². The van der Waals surface area contributed by atoms with Crippen molar-refractivity contribution < 1.29 is 8.42 Å². The Morgan fingerprint density at radius 1 is 1.04 bits per heavy atom. The molecule has 0 amide bonds. The standard InChI is InChI=1S/C15H11Cl3N4O3S/c16-9-1-8-6-22(5-7-2-12(23)19-3-10(7)17)26(24,25)21-14(8)15-13(9)11(18)4-20-15/h1-4,20-21H,5-6H2,(H,19,23). The number of H-pyrrole nitrogens is 2. The van der Waals surface area contributed by atoms with Gasteiger partial charge in [0.05, 0.1) is 26.3 Å². The van der Waals surface area contributed by atoms with Gasteiger partial charge in [0, 0.05) is 36.9 Å². The molecule has 0 unspecified atom stereocenters. The van der Waals surface area contributed by atoms with Gasteiger partial charge < -0.3 is 9.97 Å². The van der Waals surface area contributed by atoms with Gasteiger partial charge in [-0.3, -0.25) is 9.52 Å². The van der Waals surface area contributed by atoms with Gasteiger partial charge in [0.15, 0.2) is 0 Å². The van der Waals surface area contributed by atoms with Gasteiger partial charge in [-0.25, -0.2) is 0 Å². The van der Waals surface area contributed by atoms with Crippen LogP contribution in [0.5, 0.6) is 0 Å². The highest BCUT2D eigenvalue weighted by atomic mass is 35.5. The van der Waals surface area contributed by atoms with E-state index in [1.807, 2.05) is 0 Å². The molecule has 1 aliphatic heterocycles. The van der Waals surface area contributed by atoms with Crippen LogP contribution in [-0.2, 0) is 23.3 Å². The molecule has 1 aromatic carbocycles. The third-order valence-electron chi connectivity index (χ3n) is 4.16. The average Bonchev–Trinajstić information content (AvgIpc) is 2.95. The minimum Gasteiger partial charge on any atom is -0.358 e. The maximum absolute atomic E-state index is 12.7. The second-order valence-electron chi connectivity index (χ2n) is 5.82. The number of aromatic nitrogens is 2. The van der Waals surface area contributed by atoms with Gasteiger partial charge in [-0.15, -0.1) is 0 Å². The molecule has 0 atom stereocenters. The van der Waals surface area contributed by atoms with Crippen molar-refractivity contribution >= 4 is 61.6 Å². The Hall–Kier alpha value is -1.71. The maximum Gasteiger partial charge on any atom is 0.302 e. The number of hydrogen-bond donors (Lipinski definition) is 3. The van der Waals surface area contributed by atoms with E-state index in [1.54, 1.807) is 12.3 Å². The molecule has 4 rings (SSSR count). The van der Waals surface area contributed by atoms with Crippen LogP contribution < -0.4 is 10.3 Å². The Labute approximate surface area is 163 Å². The molecule has 136 valence electrons. The monoisotopic (exact) mass is 432 g/mol. The Kier molecular flexibility index (Phi) is 4.20. The van der Waals surface area contributed by atoms with Crippen molar-refractivity contribution in [3.05, 3.63) is 61.1 Å². The molecule has 0 saturated carbocycles. The van der Waals surface area contributed by atoms with Gasteiger partial charge in [0.2, 0.25) is 5.56 Å². The van der Waals surface area contributed by atoms with E-state index in [0.29, 0.717) is 37.8 Å². The van der Waals surface area contributed by atoms with Crippen LogP contribution in [0.2, 0.25) is 15.1 Å². The van der Waals surface area contributed by atoms with Crippen molar-refractivity contribution in [3.63, 3.8) is 0 Å². The number of hydrogen-bond acceptors (Lipinski definition) is 3. The molecule has 3 heterocycles. The van der Waals surface area contributed by atoms with Crippen LogP contribution in [-0.4, -0.2) is 22.7 Å². The van der Waals surface area contributed by atoms with Crippen LogP contribution in [0.3, 0.4) is 0 Å². The molecule has 2 aromatic heterocycles. The largest absolute Gasteiger partial charge is 0.358 e. The zero-order valence-electron chi connectivity index (χ0n) is 12.9. The topological polar surface area (TPSA) is 98.1 Å². The number of benzene rings is 1. The molecule has 11 heteroatoms. The lowest BCUT2D eigenvalue weighted by atomic mass is 10.1. The smallest absolute Gasteiger partial charge is 0.302 e. The maximum atomic E-state index is 12.7. The van der Waals surface area contributed by atoms with Crippen molar-refractivity contribution in [3.8, 4) is 0 Å². The van der Waals surface area contributed by atoms with Crippen molar-refractivity contribution in [2.75, 3.05) is 4.72 Å². The second-order valence-corrected chi connectivity index (χ2v) is 8.72. The fraction of sp³-hybridized carbons (Fsp3) is 0.133. The Morgan fingerprint density at radius 2 is 1.77 bits per heavy atom. The second kappa shape index (κ2) is 6.17. The van der Waals surface area contributed by atoms with Crippen LogP contribution in [0.1, 0.15) is 11.1 Å². The molecule has 26 heavy (non-hydrogen) atoms. The van der Waals surface area contributed by atoms with Crippen molar-refractivity contribution in [1.29, 1.82) is 0 Å². The number of pyridine rings is 1. The van der Waals surface area contributed by atoms with Gasteiger partial charge in [-0.2, -0.15) is 12.7 Å². The summed E-state index contributed by atoms with van der Waals surface area (Å²) in [4.78, 5) is 16.9. The fourth-order valence-electron chi connectivity index (χ4n) is 2.95. The van der Waals surface area contributed by atoms with Crippen LogP contribution in [0.4, 0.5) is 5.69 Å². The van der Waals surface area contributed by atoms with Gasteiger partial charge in [-0.1, -0.05) is 34.8 Å². The van der Waals surface area contributed by atoms with Crippen LogP contribution >= 0.6 is 34.8 Å². The lowest BCUT2D eigenvalue weighted by molar-refractivity contribution is 0.400. The van der Waals surface area contributed by atoms with Gasteiger partial charge in [0.25, 0.3) is 0 Å². The van der Waals surface area contributed by atoms with Crippen LogP contribution in [0.25, 0.3) is 10.9 Å². The molecular weight excluding hydrogens is 423 g/mol.